The molecule has 0 unspecified atom stereocenters. The maximum Gasteiger partial charge on any atom is 0.213 e. The van der Waals surface area contributed by atoms with Gasteiger partial charge in [0.15, 0.2) is 5.96 Å². The van der Waals surface area contributed by atoms with Crippen LogP contribution < -0.4 is 15.4 Å². The van der Waals surface area contributed by atoms with Crippen LogP contribution in [0.15, 0.2) is 46.1 Å². The van der Waals surface area contributed by atoms with E-state index in [0.29, 0.717) is 25.9 Å². The van der Waals surface area contributed by atoms with Crippen LogP contribution in [0.3, 0.4) is 0 Å². The van der Waals surface area contributed by atoms with Crippen LogP contribution in [0.4, 0.5) is 0 Å². The number of aromatic nitrogens is 1. The number of pyridine rings is 1. The highest BCUT2D eigenvalue weighted by Gasteiger charge is 2.15. The van der Waals surface area contributed by atoms with E-state index in [1.807, 2.05) is 30.5 Å². The first-order chi connectivity index (χ1) is 14.3. The van der Waals surface area contributed by atoms with Crippen molar-refractivity contribution in [3.63, 3.8) is 0 Å². The summed E-state index contributed by atoms with van der Waals surface area (Å²) in [5.41, 5.74) is 1.09. The van der Waals surface area contributed by atoms with Gasteiger partial charge in [-0.1, -0.05) is 12.5 Å². The second-order valence-corrected chi connectivity index (χ2v) is 7.22. The number of ether oxygens (including phenoxy) is 2. The average Bonchev–Trinajstić information content (AvgIpc) is 3.28. The second kappa shape index (κ2) is 12.1. The molecule has 158 valence electrons. The zero-order chi connectivity index (χ0) is 20.2. The predicted molar refractivity (Wildman–Crippen MR) is 113 cm³/mol. The molecule has 2 N–H and O–H groups in total. The fourth-order valence-electron chi connectivity index (χ4n) is 3.29. The van der Waals surface area contributed by atoms with Crippen molar-refractivity contribution in [3.8, 4) is 5.88 Å². The molecule has 0 radical (unpaired) electrons. The largest absolute Gasteiger partial charge is 0.474 e. The molecular weight excluding hydrogens is 368 g/mol. The molecule has 0 saturated heterocycles. The van der Waals surface area contributed by atoms with Gasteiger partial charge in [0.05, 0.1) is 6.26 Å². The zero-order valence-electron chi connectivity index (χ0n) is 17.2. The molecular formula is C22H32N4O3. The highest BCUT2D eigenvalue weighted by atomic mass is 16.5. The number of nitrogens with zero attached hydrogens (tertiary/aromatic N) is 2. The van der Waals surface area contributed by atoms with Gasteiger partial charge >= 0.3 is 0 Å². The molecule has 1 fully saturated rings. The first-order valence-electron chi connectivity index (χ1n) is 10.5. The number of rotatable bonds is 10. The van der Waals surface area contributed by atoms with Gasteiger partial charge in [0.2, 0.25) is 5.88 Å². The van der Waals surface area contributed by atoms with E-state index >= 15 is 0 Å². The fourth-order valence-corrected chi connectivity index (χ4v) is 3.29. The van der Waals surface area contributed by atoms with Crippen molar-refractivity contribution in [2.45, 2.75) is 57.8 Å². The van der Waals surface area contributed by atoms with E-state index in [1.54, 1.807) is 13.3 Å². The molecule has 7 heteroatoms. The smallest absolute Gasteiger partial charge is 0.213 e. The Morgan fingerprint density at radius 1 is 1.21 bits per heavy atom. The van der Waals surface area contributed by atoms with Gasteiger partial charge < -0.3 is 24.5 Å². The van der Waals surface area contributed by atoms with E-state index in [0.717, 1.165) is 49.0 Å². The van der Waals surface area contributed by atoms with Crippen LogP contribution in [-0.4, -0.2) is 37.2 Å². The number of hydrogen-bond donors (Lipinski definition) is 2. The Balaban J connectivity index is 1.29. The summed E-state index contributed by atoms with van der Waals surface area (Å²) in [6.07, 6.45) is 10.8. The van der Waals surface area contributed by atoms with Crippen LogP contribution in [0.1, 0.15) is 49.8 Å². The lowest BCUT2D eigenvalue weighted by molar-refractivity contribution is 0.105. The van der Waals surface area contributed by atoms with Gasteiger partial charge in [-0.05, 0) is 49.8 Å². The summed E-state index contributed by atoms with van der Waals surface area (Å²) in [6.45, 7) is 2.61. The number of furan rings is 1. The monoisotopic (exact) mass is 400 g/mol. The SMILES string of the molecule is CN=C(NCCCOCc1ccco1)NCc1ccc(OC2CCCCC2)nc1. The lowest BCUT2D eigenvalue weighted by Gasteiger charge is -2.22. The van der Waals surface area contributed by atoms with Crippen LogP contribution in [0, 0.1) is 0 Å². The molecule has 7 nitrogen and oxygen atoms in total. The first kappa shape index (κ1) is 21.2. The number of aliphatic imine (C=N–C) groups is 1. The molecule has 0 aromatic carbocycles. The Morgan fingerprint density at radius 2 is 2.10 bits per heavy atom. The fraction of sp³-hybridized carbons (Fsp3) is 0.545. The van der Waals surface area contributed by atoms with Gasteiger partial charge in [0.1, 0.15) is 18.5 Å². The van der Waals surface area contributed by atoms with Crippen molar-refractivity contribution in [2.24, 2.45) is 4.99 Å². The van der Waals surface area contributed by atoms with Crippen molar-refractivity contribution in [3.05, 3.63) is 48.0 Å². The molecule has 0 atom stereocenters. The molecule has 3 rings (SSSR count). The molecule has 0 bridgehead atoms. The Labute approximate surface area is 172 Å². The maximum absolute atomic E-state index is 5.98. The van der Waals surface area contributed by atoms with Gasteiger partial charge in [-0.2, -0.15) is 0 Å². The average molecular weight is 401 g/mol. The van der Waals surface area contributed by atoms with Crippen LogP contribution in [0.5, 0.6) is 5.88 Å². The Morgan fingerprint density at radius 3 is 2.83 bits per heavy atom. The van der Waals surface area contributed by atoms with Gasteiger partial charge in [-0.25, -0.2) is 4.98 Å². The van der Waals surface area contributed by atoms with Crippen molar-refractivity contribution >= 4 is 5.96 Å². The van der Waals surface area contributed by atoms with Crippen molar-refractivity contribution in [2.75, 3.05) is 20.2 Å². The van der Waals surface area contributed by atoms with Gasteiger partial charge in [0.25, 0.3) is 0 Å². The van der Waals surface area contributed by atoms with E-state index < -0.39 is 0 Å². The molecule has 1 saturated carbocycles. The topological polar surface area (TPSA) is 80.9 Å². The first-order valence-corrected chi connectivity index (χ1v) is 10.5. The normalized spacial score (nSPS) is 15.3. The van der Waals surface area contributed by atoms with E-state index in [4.69, 9.17) is 13.9 Å². The number of nitrogens with one attached hydrogen (secondary N) is 2. The molecule has 2 heterocycles. The highest BCUT2D eigenvalue weighted by Crippen LogP contribution is 2.22. The van der Waals surface area contributed by atoms with E-state index in [-0.39, 0.29) is 0 Å². The van der Waals surface area contributed by atoms with Crippen LogP contribution in [0.25, 0.3) is 0 Å². The Kier molecular flexibility index (Phi) is 8.85. The lowest BCUT2D eigenvalue weighted by Crippen LogP contribution is -2.37. The third kappa shape index (κ3) is 7.77. The maximum atomic E-state index is 5.98. The van der Waals surface area contributed by atoms with Crippen LogP contribution >= 0.6 is 0 Å². The highest BCUT2D eigenvalue weighted by molar-refractivity contribution is 5.79. The quantitative estimate of drug-likeness (QED) is 0.360. The standard InChI is InChI=1S/C22H32N4O3/c1-23-22(24-12-6-13-27-17-20-9-5-14-28-20)26-16-18-10-11-21(25-15-18)29-19-7-3-2-4-8-19/h5,9-11,14-15,19H,2-4,6-8,12-13,16-17H2,1H3,(H2,23,24,26). The van der Waals surface area contributed by atoms with Crippen LogP contribution in [0.2, 0.25) is 0 Å². The molecule has 2 aromatic rings. The summed E-state index contributed by atoms with van der Waals surface area (Å²) in [5.74, 6) is 2.33. The lowest BCUT2D eigenvalue weighted by atomic mass is 9.98. The number of hydrogen-bond acceptors (Lipinski definition) is 5. The molecule has 29 heavy (non-hydrogen) atoms. The third-order valence-corrected chi connectivity index (χ3v) is 4.90. The Bertz CT molecular complexity index is 710. The minimum absolute atomic E-state index is 0.325. The Hall–Kier alpha value is -2.54. The molecule has 1 aliphatic rings. The molecule has 0 spiro atoms. The summed E-state index contributed by atoms with van der Waals surface area (Å²) in [6, 6.07) is 7.78. The van der Waals surface area contributed by atoms with Crippen molar-refractivity contribution in [1.82, 2.24) is 15.6 Å². The van der Waals surface area contributed by atoms with Crippen molar-refractivity contribution < 1.29 is 13.9 Å². The number of guanidine groups is 1. The van der Waals surface area contributed by atoms with Gasteiger partial charge in [0, 0.05) is 39.0 Å². The third-order valence-electron chi connectivity index (χ3n) is 4.90. The molecule has 1 aliphatic carbocycles. The second-order valence-electron chi connectivity index (χ2n) is 7.22. The summed E-state index contributed by atoms with van der Waals surface area (Å²) in [4.78, 5) is 8.70. The van der Waals surface area contributed by atoms with E-state index in [9.17, 15) is 0 Å². The summed E-state index contributed by atoms with van der Waals surface area (Å²) in [7, 11) is 1.77. The van der Waals surface area contributed by atoms with E-state index in [1.165, 1.54) is 19.3 Å². The predicted octanol–water partition coefficient (Wildman–Crippen LogP) is 3.66. The summed E-state index contributed by atoms with van der Waals surface area (Å²) >= 11 is 0. The van der Waals surface area contributed by atoms with Crippen molar-refractivity contribution in [1.29, 1.82) is 0 Å². The molecule has 2 aromatic heterocycles. The summed E-state index contributed by atoms with van der Waals surface area (Å²) < 4.78 is 16.8. The van der Waals surface area contributed by atoms with E-state index in [2.05, 4.69) is 20.6 Å². The van der Waals surface area contributed by atoms with Gasteiger partial charge in [-0.15, -0.1) is 0 Å². The minimum atomic E-state index is 0.325. The van der Waals surface area contributed by atoms with Gasteiger partial charge in [-0.3, -0.25) is 4.99 Å². The minimum Gasteiger partial charge on any atom is -0.474 e. The molecule has 0 aliphatic heterocycles. The molecule has 0 amide bonds. The zero-order valence-corrected chi connectivity index (χ0v) is 17.2. The summed E-state index contributed by atoms with van der Waals surface area (Å²) in [5, 5.41) is 6.59. The van der Waals surface area contributed by atoms with Crippen LogP contribution in [-0.2, 0) is 17.9 Å².